The summed E-state index contributed by atoms with van der Waals surface area (Å²) in [6.45, 7) is 10.1. The zero-order valence-electron chi connectivity index (χ0n) is 13.7. The largest absolute Gasteiger partial charge is 0.493 e. The van der Waals surface area contributed by atoms with Crippen molar-refractivity contribution in [2.75, 3.05) is 20.8 Å². The molecular weight excluding hydrogens is 250 g/mol. The molecular formula is C17H29NO2. The maximum atomic E-state index is 5.34. The fourth-order valence-electron chi connectivity index (χ4n) is 2.13. The number of methoxy groups -OCH3 is 2. The normalized spacial score (nSPS) is 13.1. The van der Waals surface area contributed by atoms with Crippen molar-refractivity contribution in [3.63, 3.8) is 0 Å². The van der Waals surface area contributed by atoms with Crippen LogP contribution in [0.15, 0.2) is 18.2 Å². The number of ether oxygens (including phenoxy) is 2. The van der Waals surface area contributed by atoms with Crippen LogP contribution < -0.4 is 14.8 Å². The van der Waals surface area contributed by atoms with E-state index >= 15 is 0 Å². The highest BCUT2D eigenvalue weighted by molar-refractivity contribution is 5.43. The van der Waals surface area contributed by atoms with Crippen LogP contribution in [-0.2, 0) is 6.42 Å². The van der Waals surface area contributed by atoms with E-state index in [0.29, 0.717) is 11.5 Å². The van der Waals surface area contributed by atoms with E-state index in [1.165, 1.54) is 12.0 Å². The Hall–Kier alpha value is -1.22. The topological polar surface area (TPSA) is 30.5 Å². The van der Waals surface area contributed by atoms with Gasteiger partial charge in [0.1, 0.15) is 0 Å². The van der Waals surface area contributed by atoms with Gasteiger partial charge in [0.05, 0.1) is 14.2 Å². The molecule has 20 heavy (non-hydrogen) atoms. The highest BCUT2D eigenvalue weighted by Gasteiger charge is 2.11. The Morgan fingerprint density at radius 1 is 1.10 bits per heavy atom. The van der Waals surface area contributed by atoms with Crippen LogP contribution in [0.1, 0.15) is 39.7 Å². The Bertz CT molecular complexity index is 410. The summed E-state index contributed by atoms with van der Waals surface area (Å²) in [6.07, 6.45) is 2.17. The van der Waals surface area contributed by atoms with Crippen LogP contribution in [0.25, 0.3) is 0 Å². The second-order valence-electron chi connectivity index (χ2n) is 6.56. The van der Waals surface area contributed by atoms with Gasteiger partial charge in [0.15, 0.2) is 11.5 Å². The van der Waals surface area contributed by atoms with E-state index in [0.717, 1.165) is 24.5 Å². The third-order valence-corrected chi connectivity index (χ3v) is 3.36. The summed E-state index contributed by atoms with van der Waals surface area (Å²) < 4.78 is 10.6. The van der Waals surface area contributed by atoms with Crippen molar-refractivity contribution in [3.05, 3.63) is 23.8 Å². The summed E-state index contributed by atoms with van der Waals surface area (Å²) in [6, 6.07) is 6.58. The summed E-state index contributed by atoms with van der Waals surface area (Å²) in [4.78, 5) is 0. The van der Waals surface area contributed by atoms with Crippen molar-refractivity contribution in [2.24, 2.45) is 5.41 Å². The van der Waals surface area contributed by atoms with Crippen LogP contribution in [0.5, 0.6) is 11.5 Å². The second kappa shape index (κ2) is 7.53. The maximum absolute atomic E-state index is 5.34. The predicted octanol–water partition coefficient (Wildman–Crippen LogP) is 3.66. The molecule has 0 aliphatic heterocycles. The Morgan fingerprint density at radius 3 is 2.30 bits per heavy atom. The first-order chi connectivity index (χ1) is 9.35. The highest BCUT2D eigenvalue weighted by Crippen LogP contribution is 2.28. The molecule has 1 atom stereocenters. The Kier molecular flexibility index (Phi) is 6.34. The molecule has 0 amide bonds. The van der Waals surface area contributed by atoms with Gasteiger partial charge in [-0.25, -0.2) is 0 Å². The number of benzene rings is 1. The smallest absolute Gasteiger partial charge is 0.160 e. The molecule has 1 N–H and O–H groups in total. The van der Waals surface area contributed by atoms with Crippen LogP contribution in [0.4, 0.5) is 0 Å². The number of nitrogens with one attached hydrogen (secondary N) is 1. The van der Waals surface area contributed by atoms with Gasteiger partial charge >= 0.3 is 0 Å². The minimum Gasteiger partial charge on any atom is -0.493 e. The molecule has 1 aromatic rings. The zero-order chi connectivity index (χ0) is 15.2. The molecule has 3 heteroatoms. The molecule has 0 aliphatic rings. The third kappa shape index (κ3) is 5.83. The van der Waals surface area contributed by atoms with E-state index in [9.17, 15) is 0 Å². The van der Waals surface area contributed by atoms with E-state index in [4.69, 9.17) is 9.47 Å². The van der Waals surface area contributed by atoms with Gasteiger partial charge in [-0.3, -0.25) is 0 Å². The monoisotopic (exact) mass is 279 g/mol. The molecule has 0 heterocycles. The fraction of sp³-hybridized carbons (Fsp3) is 0.647. The van der Waals surface area contributed by atoms with E-state index in [1.807, 2.05) is 6.07 Å². The van der Waals surface area contributed by atoms with Crippen molar-refractivity contribution in [1.82, 2.24) is 5.32 Å². The van der Waals surface area contributed by atoms with Gasteiger partial charge in [0.2, 0.25) is 0 Å². The summed E-state index contributed by atoms with van der Waals surface area (Å²) in [5.41, 5.74) is 1.65. The Balaban J connectivity index is 2.51. The van der Waals surface area contributed by atoms with Crippen LogP contribution >= 0.6 is 0 Å². The van der Waals surface area contributed by atoms with E-state index in [2.05, 4.69) is 45.1 Å². The molecule has 0 aromatic heterocycles. The lowest BCUT2D eigenvalue weighted by Gasteiger charge is -2.21. The standard InChI is InChI=1S/C17H29NO2/c1-13(18-10-9-17(2,3)4)11-14-7-8-15(19-5)16(12-14)20-6/h7-8,12-13,18H,9-11H2,1-6H3. The average molecular weight is 279 g/mol. The molecule has 114 valence electrons. The van der Waals surface area contributed by atoms with Crippen molar-refractivity contribution in [3.8, 4) is 11.5 Å². The van der Waals surface area contributed by atoms with Crippen molar-refractivity contribution < 1.29 is 9.47 Å². The summed E-state index contributed by atoms with van der Waals surface area (Å²) in [5.74, 6) is 1.58. The second-order valence-corrected chi connectivity index (χ2v) is 6.56. The summed E-state index contributed by atoms with van der Waals surface area (Å²) in [7, 11) is 3.33. The fourth-order valence-corrected chi connectivity index (χ4v) is 2.13. The molecule has 0 saturated carbocycles. The van der Waals surface area contributed by atoms with E-state index < -0.39 is 0 Å². The van der Waals surface area contributed by atoms with Crippen molar-refractivity contribution in [2.45, 2.75) is 46.6 Å². The molecule has 3 nitrogen and oxygen atoms in total. The van der Waals surface area contributed by atoms with Crippen molar-refractivity contribution >= 4 is 0 Å². The van der Waals surface area contributed by atoms with E-state index in [-0.39, 0.29) is 0 Å². The SMILES string of the molecule is COc1ccc(CC(C)NCCC(C)(C)C)cc1OC. The van der Waals surface area contributed by atoms with Gasteiger partial charge in [-0.15, -0.1) is 0 Å². The van der Waals surface area contributed by atoms with Crippen LogP contribution in [0.2, 0.25) is 0 Å². The minimum atomic E-state index is 0.385. The lowest BCUT2D eigenvalue weighted by Crippen LogP contribution is -2.31. The summed E-state index contributed by atoms with van der Waals surface area (Å²) in [5, 5.41) is 3.58. The minimum absolute atomic E-state index is 0.385. The van der Waals surface area contributed by atoms with Crippen molar-refractivity contribution in [1.29, 1.82) is 0 Å². The van der Waals surface area contributed by atoms with Gasteiger partial charge in [-0.2, -0.15) is 0 Å². The van der Waals surface area contributed by atoms with Crippen LogP contribution in [0, 0.1) is 5.41 Å². The quantitative estimate of drug-likeness (QED) is 0.826. The number of hydrogen-bond acceptors (Lipinski definition) is 3. The Labute approximate surface area is 123 Å². The molecule has 0 spiro atoms. The predicted molar refractivity (Wildman–Crippen MR) is 84.8 cm³/mol. The first-order valence-electron chi connectivity index (χ1n) is 7.30. The molecule has 1 unspecified atom stereocenters. The molecule has 0 bridgehead atoms. The molecule has 1 rings (SSSR count). The third-order valence-electron chi connectivity index (χ3n) is 3.36. The van der Waals surface area contributed by atoms with Gasteiger partial charge in [0.25, 0.3) is 0 Å². The van der Waals surface area contributed by atoms with Gasteiger partial charge < -0.3 is 14.8 Å². The zero-order valence-corrected chi connectivity index (χ0v) is 13.7. The van der Waals surface area contributed by atoms with Gasteiger partial charge in [-0.05, 0) is 49.4 Å². The van der Waals surface area contributed by atoms with E-state index in [1.54, 1.807) is 14.2 Å². The molecule has 0 radical (unpaired) electrons. The lowest BCUT2D eigenvalue weighted by molar-refractivity contribution is 0.352. The number of hydrogen-bond donors (Lipinski definition) is 1. The molecule has 0 aliphatic carbocycles. The average Bonchev–Trinajstić information content (AvgIpc) is 2.37. The molecule has 0 fully saturated rings. The first-order valence-corrected chi connectivity index (χ1v) is 7.30. The van der Waals surface area contributed by atoms with Gasteiger partial charge in [0, 0.05) is 6.04 Å². The molecule has 1 aromatic carbocycles. The maximum Gasteiger partial charge on any atom is 0.160 e. The summed E-state index contributed by atoms with van der Waals surface area (Å²) >= 11 is 0. The molecule has 0 saturated heterocycles. The number of rotatable bonds is 7. The van der Waals surface area contributed by atoms with Crippen LogP contribution in [0.3, 0.4) is 0 Å². The Morgan fingerprint density at radius 2 is 1.75 bits per heavy atom. The lowest BCUT2D eigenvalue weighted by atomic mass is 9.92. The highest BCUT2D eigenvalue weighted by atomic mass is 16.5. The van der Waals surface area contributed by atoms with Crippen LogP contribution in [-0.4, -0.2) is 26.8 Å². The van der Waals surface area contributed by atoms with Gasteiger partial charge in [-0.1, -0.05) is 26.8 Å². The first kappa shape index (κ1) is 16.8.